The second kappa shape index (κ2) is 3.86. The molecule has 1 rings (SSSR count). The number of piperidine rings is 1. The Bertz CT molecular complexity index is 144. The Balaban J connectivity index is 2.35. The van der Waals surface area contributed by atoms with Crippen LogP contribution >= 0.6 is 0 Å². The lowest BCUT2D eigenvalue weighted by Gasteiger charge is -2.31. The van der Waals surface area contributed by atoms with Crippen molar-refractivity contribution in [1.29, 1.82) is 0 Å². The van der Waals surface area contributed by atoms with Crippen molar-refractivity contribution >= 4 is 5.78 Å². The maximum absolute atomic E-state index is 10.8. The van der Waals surface area contributed by atoms with Gasteiger partial charge in [-0.1, -0.05) is 6.42 Å². The molecule has 0 N–H and O–H groups in total. The molecule has 0 aliphatic carbocycles. The predicted octanol–water partition coefficient (Wildman–Crippen LogP) is 1.45. The fourth-order valence-electron chi connectivity index (χ4n) is 1.73. The van der Waals surface area contributed by atoms with Gasteiger partial charge in [-0.2, -0.15) is 0 Å². The first kappa shape index (κ1) is 8.72. The molecule has 2 heteroatoms. The lowest BCUT2D eigenvalue weighted by atomic mass is 9.99. The number of rotatable bonds is 2. The van der Waals surface area contributed by atoms with Gasteiger partial charge in [0.05, 0.1) is 0 Å². The number of likely N-dealkylation sites (tertiary alicyclic amines) is 1. The number of hydrogen-bond acceptors (Lipinski definition) is 2. The molecule has 0 aromatic heterocycles. The second-order valence-electron chi connectivity index (χ2n) is 3.54. The van der Waals surface area contributed by atoms with Crippen molar-refractivity contribution in [3.63, 3.8) is 0 Å². The molecule has 0 saturated carbocycles. The van der Waals surface area contributed by atoms with Crippen molar-refractivity contribution in [2.24, 2.45) is 0 Å². The van der Waals surface area contributed by atoms with Crippen LogP contribution < -0.4 is 0 Å². The van der Waals surface area contributed by atoms with Crippen molar-refractivity contribution in [2.75, 3.05) is 13.6 Å². The Labute approximate surface area is 68.6 Å². The Morgan fingerprint density at radius 1 is 1.55 bits per heavy atom. The molecule has 64 valence electrons. The number of carbonyl (C=O) groups is 1. The zero-order valence-electron chi connectivity index (χ0n) is 7.47. The van der Waals surface area contributed by atoms with Crippen LogP contribution in [0.5, 0.6) is 0 Å². The molecule has 0 spiro atoms. The monoisotopic (exact) mass is 155 g/mol. The van der Waals surface area contributed by atoms with Crippen LogP contribution in [0.1, 0.15) is 32.6 Å². The molecule has 0 aromatic rings. The summed E-state index contributed by atoms with van der Waals surface area (Å²) < 4.78 is 0. The first-order valence-electron chi connectivity index (χ1n) is 4.40. The SMILES string of the molecule is CC(=O)CC1CCCCN1C. The third kappa shape index (κ3) is 2.62. The summed E-state index contributed by atoms with van der Waals surface area (Å²) in [5, 5.41) is 0. The van der Waals surface area contributed by atoms with E-state index >= 15 is 0 Å². The highest BCUT2D eigenvalue weighted by Crippen LogP contribution is 2.17. The van der Waals surface area contributed by atoms with Gasteiger partial charge in [0.1, 0.15) is 5.78 Å². The average Bonchev–Trinajstić information content (AvgIpc) is 1.93. The van der Waals surface area contributed by atoms with Crippen LogP contribution in [0.3, 0.4) is 0 Å². The fraction of sp³-hybridized carbons (Fsp3) is 0.889. The van der Waals surface area contributed by atoms with Crippen molar-refractivity contribution in [3.8, 4) is 0 Å². The van der Waals surface area contributed by atoms with E-state index in [1.54, 1.807) is 6.92 Å². The zero-order chi connectivity index (χ0) is 8.27. The molecule has 1 saturated heterocycles. The molecule has 0 aromatic carbocycles. The van der Waals surface area contributed by atoms with E-state index in [2.05, 4.69) is 11.9 Å². The number of ketones is 1. The van der Waals surface area contributed by atoms with E-state index in [1.807, 2.05) is 0 Å². The van der Waals surface area contributed by atoms with Gasteiger partial charge in [0.2, 0.25) is 0 Å². The van der Waals surface area contributed by atoms with E-state index in [-0.39, 0.29) is 0 Å². The minimum Gasteiger partial charge on any atom is -0.303 e. The maximum Gasteiger partial charge on any atom is 0.131 e. The summed E-state index contributed by atoms with van der Waals surface area (Å²) in [7, 11) is 2.12. The molecule has 2 nitrogen and oxygen atoms in total. The standard InChI is InChI=1S/C9H17NO/c1-8(11)7-9-5-3-4-6-10(9)2/h9H,3-7H2,1-2H3. The van der Waals surface area contributed by atoms with Gasteiger partial charge >= 0.3 is 0 Å². The lowest BCUT2D eigenvalue weighted by Crippen LogP contribution is -2.37. The third-order valence-corrected chi connectivity index (χ3v) is 2.44. The predicted molar refractivity (Wildman–Crippen MR) is 45.6 cm³/mol. The highest BCUT2D eigenvalue weighted by atomic mass is 16.1. The van der Waals surface area contributed by atoms with Crippen LogP contribution in [0.2, 0.25) is 0 Å². The topological polar surface area (TPSA) is 20.3 Å². The van der Waals surface area contributed by atoms with Gasteiger partial charge < -0.3 is 4.90 Å². The summed E-state index contributed by atoms with van der Waals surface area (Å²) in [6.45, 7) is 2.85. The van der Waals surface area contributed by atoms with Crippen molar-refractivity contribution in [2.45, 2.75) is 38.6 Å². The number of hydrogen-bond donors (Lipinski definition) is 0. The van der Waals surface area contributed by atoms with Gasteiger partial charge in [0.25, 0.3) is 0 Å². The molecule has 1 unspecified atom stereocenters. The summed E-state index contributed by atoms with van der Waals surface area (Å²) in [6.07, 6.45) is 4.54. The summed E-state index contributed by atoms with van der Waals surface area (Å²) in [5.41, 5.74) is 0. The first-order valence-corrected chi connectivity index (χ1v) is 4.40. The third-order valence-electron chi connectivity index (χ3n) is 2.44. The molecule has 0 bridgehead atoms. The molecule has 1 heterocycles. The van der Waals surface area contributed by atoms with Gasteiger partial charge in [-0.15, -0.1) is 0 Å². The Morgan fingerprint density at radius 3 is 2.82 bits per heavy atom. The first-order chi connectivity index (χ1) is 5.20. The van der Waals surface area contributed by atoms with E-state index in [0.717, 1.165) is 13.0 Å². The van der Waals surface area contributed by atoms with Gasteiger partial charge in [-0.3, -0.25) is 4.79 Å². The van der Waals surface area contributed by atoms with Crippen LogP contribution in [-0.2, 0) is 4.79 Å². The highest BCUT2D eigenvalue weighted by Gasteiger charge is 2.19. The van der Waals surface area contributed by atoms with Crippen molar-refractivity contribution in [1.82, 2.24) is 4.90 Å². The fourth-order valence-corrected chi connectivity index (χ4v) is 1.73. The smallest absolute Gasteiger partial charge is 0.131 e. The molecule has 11 heavy (non-hydrogen) atoms. The lowest BCUT2D eigenvalue weighted by molar-refractivity contribution is -0.118. The van der Waals surface area contributed by atoms with Gasteiger partial charge in [0.15, 0.2) is 0 Å². The molecule has 0 radical (unpaired) electrons. The van der Waals surface area contributed by atoms with Gasteiger partial charge in [-0.25, -0.2) is 0 Å². The molecule has 1 aliphatic rings. The summed E-state index contributed by atoms with van der Waals surface area (Å²) in [6, 6.07) is 0.529. The minimum absolute atomic E-state index is 0.323. The largest absolute Gasteiger partial charge is 0.303 e. The highest BCUT2D eigenvalue weighted by molar-refractivity contribution is 5.76. The quantitative estimate of drug-likeness (QED) is 0.601. The van der Waals surface area contributed by atoms with Crippen molar-refractivity contribution in [3.05, 3.63) is 0 Å². The van der Waals surface area contributed by atoms with E-state index in [1.165, 1.54) is 19.3 Å². The van der Waals surface area contributed by atoms with E-state index in [0.29, 0.717) is 11.8 Å². The van der Waals surface area contributed by atoms with Crippen LogP contribution in [0.4, 0.5) is 0 Å². The van der Waals surface area contributed by atoms with E-state index in [9.17, 15) is 4.79 Å². The number of nitrogens with zero attached hydrogens (tertiary/aromatic N) is 1. The Hall–Kier alpha value is -0.370. The van der Waals surface area contributed by atoms with Crippen LogP contribution in [0, 0.1) is 0 Å². The zero-order valence-corrected chi connectivity index (χ0v) is 7.47. The second-order valence-corrected chi connectivity index (χ2v) is 3.54. The van der Waals surface area contributed by atoms with Crippen LogP contribution in [0.25, 0.3) is 0 Å². The summed E-state index contributed by atoms with van der Waals surface area (Å²) >= 11 is 0. The van der Waals surface area contributed by atoms with Gasteiger partial charge in [-0.05, 0) is 33.4 Å². The molecule has 1 atom stereocenters. The summed E-state index contributed by atoms with van der Waals surface area (Å²) in [5.74, 6) is 0.323. The molecular weight excluding hydrogens is 138 g/mol. The maximum atomic E-state index is 10.8. The number of Topliss-reactive ketones (excluding diaryl/α,β-unsaturated/α-hetero) is 1. The normalized spacial score (nSPS) is 26.9. The number of carbonyl (C=O) groups excluding carboxylic acids is 1. The summed E-state index contributed by atoms with van der Waals surface area (Å²) in [4.78, 5) is 13.1. The molecular formula is C9H17NO. The van der Waals surface area contributed by atoms with E-state index in [4.69, 9.17) is 0 Å². The van der Waals surface area contributed by atoms with Gasteiger partial charge in [0, 0.05) is 12.5 Å². The Morgan fingerprint density at radius 2 is 2.27 bits per heavy atom. The molecule has 1 aliphatic heterocycles. The average molecular weight is 155 g/mol. The minimum atomic E-state index is 0.323. The van der Waals surface area contributed by atoms with Crippen LogP contribution in [-0.4, -0.2) is 30.3 Å². The molecule has 1 fully saturated rings. The van der Waals surface area contributed by atoms with E-state index < -0.39 is 0 Å². The van der Waals surface area contributed by atoms with Crippen LogP contribution in [0.15, 0.2) is 0 Å². The molecule has 0 amide bonds. The Kier molecular flexibility index (Phi) is 3.06. The van der Waals surface area contributed by atoms with Crippen molar-refractivity contribution < 1.29 is 4.79 Å².